The third kappa shape index (κ3) is 3.49. The predicted molar refractivity (Wildman–Crippen MR) is 86.3 cm³/mol. The molecule has 3 rings (SSSR count). The highest BCUT2D eigenvalue weighted by Gasteiger charge is 2.42. The molecule has 2 fully saturated rings. The van der Waals surface area contributed by atoms with Crippen LogP contribution in [0.1, 0.15) is 38.5 Å². The fourth-order valence-corrected chi connectivity index (χ4v) is 4.06. The molecule has 0 spiro atoms. The Hall–Kier alpha value is -1.84. The van der Waals surface area contributed by atoms with Crippen molar-refractivity contribution in [2.75, 3.05) is 11.9 Å². The van der Waals surface area contributed by atoms with Crippen LogP contribution in [0.5, 0.6) is 0 Å². The van der Waals surface area contributed by atoms with E-state index in [0.29, 0.717) is 18.9 Å². The number of amides is 2. The molecule has 4 nitrogen and oxygen atoms in total. The summed E-state index contributed by atoms with van der Waals surface area (Å²) in [5.74, 6) is 1.65. The number of hydrogen-bond donors (Lipinski definition) is 2. The van der Waals surface area contributed by atoms with E-state index in [-0.39, 0.29) is 17.7 Å². The van der Waals surface area contributed by atoms with Gasteiger partial charge in [-0.15, -0.1) is 0 Å². The molecule has 0 unspecified atom stereocenters. The van der Waals surface area contributed by atoms with E-state index in [1.807, 2.05) is 30.3 Å². The Bertz CT molecular complexity index is 529. The summed E-state index contributed by atoms with van der Waals surface area (Å²) in [7, 11) is 0. The first kappa shape index (κ1) is 15.1. The third-order valence-electron chi connectivity index (χ3n) is 5.13. The number of anilines is 1. The lowest BCUT2D eigenvalue weighted by molar-refractivity contribution is -0.126. The Kier molecular flexibility index (Phi) is 4.76. The standard InChI is InChI=1S/C18H24N2O2/c21-17(20-14-6-2-1-3-7-14)11-12-19-18(22)16-10-9-13-5-4-8-15(13)16/h1-3,6-7,13,15-16H,4-5,8-12H2,(H,19,22)(H,20,21)/t13-,15-,16-/m0/s1. The van der Waals surface area contributed by atoms with E-state index in [2.05, 4.69) is 10.6 Å². The summed E-state index contributed by atoms with van der Waals surface area (Å²) in [6, 6.07) is 9.39. The highest BCUT2D eigenvalue weighted by atomic mass is 16.2. The fourth-order valence-electron chi connectivity index (χ4n) is 4.06. The zero-order valence-corrected chi connectivity index (χ0v) is 12.9. The number of fused-ring (bicyclic) bond motifs is 1. The van der Waals surface area contributed by atoms with E-state index in [9.17, 15) is 9.59 Å². The lowest BCUT2D eigenvalue weighted by Gasteiger charge is -2.17. The molecule has 4 heteroatoms. The Labute approximate surface area is 131 Å². The van der Waals surface area contributed by atoms with E-state index < -0.39 is 0 Å². The smallest absolute Gasteiger partial charge is 0.226 e. The van der Waals surface area contributed by atoms with Crippen LogP contribution in [-0.4, -0.2) is 18.4 Å². The lowest BCUT2D eigenvalue weighted by atomic mass is 9.91. The van der Waals surface area contributed by atoms with Crippen molar-refractivity contribution in [3.05, 3.63) is 30.3 Å². The zero-order chi connectivity index (χ0) is 15.4. The van der Waals surface area contributed by atoms with Gasteiger partial charge < -0.3 is 10.6 Å². The molecule has 0 aliphatic heterocycles. The first-order valence-electron chi connectivity index (χ1n) is 8.36. The lowest BCUT2D eigenvalue weighted by Crippen LogP contribution is -2.34. The van der Waals surface area contributed by atoms with Crippen molar-refractivity contribution in [2.45, 2.75) is 38.5 Å². The first-order chi connectivity index (χ1) is 10.7. The van der Waals surface area contributed by atoms with E-state index in [4.69, 9.17) is 0 Å². The third-order valence-corrected chi connectivity index (χ3v) is 5.13. The molecule has 118 valence electrons. The second kappa shape index (κ2) is 6.95. The van der Waals surface area contributed by atoms with E-state index in [1.54, 1.807) is 0 Å². The fraction of sp³-hybridized carbons (Fsp3) is 0.556. The first-order valence-corrected chi connectivity index (χ1v) is 8.36. The average molecular weight is 300 g/mol. The summed E-state index contributed by atoms with van der Waals surface area (Å²) in [6.07, 6.45) is 6.33. The van der Waals surface area contributed by atoms with Gasteiger partial charge in [0.05, 0.1) is 0 Å². The maximum atomic E-state index is 12.3. The maximum Gasteiger partial charge on any atom is 0.226 e. The van der Waals surface area contributed by atoms with Crippen LogP contribution in [0, 0.1) is 17.8 Å². The molecule has 2 saturated carbocycles. The molecule has 1 aromatic carbocycles. The topological polar surface area (TPSA) is 58.2 Å². The molecular weight excluding hydrogens is 276 g/mol. The van der Waals surface area contributed by atoms with Gasteiger partial charge in [0.2, 0.25) is 11.8 Å². The van der Waals surface area contributed by atoms with Crippen molar-refractivity contribution in [1.29, 1.82) is 0 Å². The largest absolute Gasteiger partial charge is 0.355 e. The van der Waals surface area contributed by atoms with Gasteiger partial charge in [-0.25, -0.2) is 0 Å². The molecule has 2 amide bonds. The van der Waals surface area contributed by atoms with Gasteiger partial charge in [-0.1, -0.05) is 31.0 Å². The molecular formula is C18H24N2O2. The maximum absolute atomic E-state index is 12.3. The van der Waals surface area contributed by atoms with Gasteiger partial charge in [0.1, 0.15) is 0 Å². The molecule has 2 aliphatic rings. The summed E-state index contributed by atoms with van der Waals surface area (Å²) < 4.78 is 0. The van der Waals surface area contributed by atoms with Crippen LogP contribution in [0.2, 0.25) is 0 Å². The molecule has 2 aliphatic carbocycles. The zero-order valence-electron chi connectivity index (χ0n) is 12.9. The van der Waals surface area contributed by atoms with E-state index in [0.717, 1.165) is 18.0 Å². The number of nitrogens with one attached hydrogen (secondary N) is 2. The highest BCUT2D eigenvalue weighted by Crippen LogP contribution is 2.47. The van der Waals surface area contributed by atoms with Crippen molar-refractivity contribution < 1.29 is 9.59 Å². The van der Waals surface area contributed by atoms with Crippen LogP contribution in [0.3, 0.4) is 0 Å². The van der Waals surface area contributed by atoms with Crippen molar-refractivity contribution in [3.63, 3.8) is 0 Å². The van der Waals surface area contributed by atoms with Crippen molar-refractivity contribution in [2.24, 2.45) is 17.8 Å². The monoisotopic (exact) mass is 300 g/mol. The van der Waals surface area contributed by atoms with Crippen LogP contribution >= 0.6 is 0 Å². The predicted octanol–water partition coefficient (Wildman–Crippen LogP) is 2.96. The van der Waals surface area contributed by atoms with Crippen LogP contribution in [-0.2, 0) is 9.59 Å². The minimum Gasteiger partial charge on any atom is -0.355 e. The van der Waals surface area contributed by atoms with Gasteiger partial charge in [-0.3, -0.25) is 9.59 Å². The summed E-state index contributed by atoms with van der Waals surface area (Å²) >= 11 is 0. The van der Waals surface area contributed by atoms with Crippen molar-refractivity contribution in [3.8, 4) is 0 Å². The van der Waals surface area contributed by atoms with Gasteiger partial charge in [-0.2, -0.15) is 0 Å². The molecule has 22 heavy (non-hydrogen) atoms. The minimum absolute atomic E-state index is 0.0586. The summed E-state index contributed by atoms with van der Waals surface area (Å²) in [5.41, 5.74) is 0.795. The average Bonchev–Trinajstić information content (AvgIpc) is 3.10. The van der Waals surface area contributed by atoms with E-state index >= 15 is 0 Å². The summed E-state index contributed by atoms with van der Waals surface area (Å²) in [6.45, 7) is 0.422. The van der Waals surface area contributed by atoms with E-state index in [1.165, 1.54) is 25.7 Å². The second-order valence-corrected chi connectivity index (χ2v) is 6.49. The number of hydrogen-bond acceptors (Lipinski definition) is 2. The molecule has 0 radical (unpaired) electrons. The van der Waals surface area contributed by atoms with Crippen LogP contribution in [0.25, 0.3) is 0 Å². The van der Waals surface area contributed by atoms with Gasteiger partial charge in [0.15, 0.2) is 0 Å². The molecule has 0 heterocycles. The number of carbonyl (C=O) groups excluding carboxylic acids is 2. The van der Waals surface area contributed by atoms with Crippen LogP contribution in [0.15, 0.2) is 30.3 Å². The number of para-hydroxylation sites is 1. The normalized spacial score (nSPS) is 26.5. The van der Waals surface area contributed by atoms with Crippen molar-refractivity contribution in [1.82, 2.24) is 5.32 Å². The number of carbonyl (C=O) groups is 2. The molecule has 0 bridgehead atoms. The van der Waals surface area contributed by atoms with Gasteiger partial charge >= 0.3 is 0 Å². The van der Waals surface area contributed by atoms with Gasteiger partial charge in [0.25, 0.3) is 0 Å². The number of benzene rings is 1. The Morgan fingerprint density at radius 2 is 1.86 bits per heavy atom. The van der Waals surface area contributed by atoms with Crippen LogP contribution in [0.4, 0.5) is 5.69 Å². The molecule has 0 aromatic heterocycles. The quantitative estimate of drug-likeness (QED) is 0.878. The highest BCUT2D eigenvalue weighted by molar-refractivity contribution is 5.91. The molecule has 1 aromatic rings. The molecule has 3 atom stereocenters. The minimum atomic E-state index is -0.0586. The van der Waals surface area contributed by atoms with Gasteiger partial charge in [-0.05, 0) is 43.2 Å². The second-order valence-electron chi connectivity index (χ2n) is 6.49. The number of rotatable bonds is 5. The molecule has 2 N–H and O–H groups in total. The van der Waals surface area contributed by atoms with Crippen LogP contribution < -0.4 is 10.6 Å². The molecule has 0 saturated heterocycles. The van der Waals surface area contributed by atoms with Gasteiger partial charge in [0, 0.05) is 24.6 Å². The Balaban J connectivity index is 1.39. The summed E-state index contributed by atoms with van der Waals surface area (Å²) in [4.78, 5) is 24.1. The summed E-state index contributed by atoms with van der Waals surface area (Å²) in [5, 5.41) is 5.79. The Morgan fingerprint density at radius 1 is 1.05 bits per heavy atom. The van der Waals surface area contributed by atoms with Crippen molar-refractivity contribution >= 4 is 17.5 Å². The Morgan fingerprint density at radius 3 is 2.68 bits per heavy atom. The SMILES string of the molecule is O=C(CCNC(=O)[C@H]1CC[C@@H]2CCC[C@@H]21)Nc1ccccc1.